The van der Waals surface area contributed by atoms with Crippen LogP contribution in [0.4, 0.5) is 10.1 Å². The fourth-order valence-electron chi connectivity index (χ4n) is 3.33. The molecule has 1 atom stereocenters. The van der Waals surface area contributed by atoms with Gasteiger partial charge in [0.25, 0.3) is 0 Å². The fourth-order valence-corrected chi connectivity index (χ4v) is 4.17. The highest BCUT2D eigenvalue weighted by Gasteiger charge is 2.30. The number of amides is 2. The lowest BCUT2D eigenvalue weighted by atomic mass is 10.1. The molecular formula is C24H32FN3O4S. The molecule has 0 saturated carbocycles. The van der Waals surface area contributed by atoms with E-state index in [9.17, 15) is 22.4 Å². The molecule has 2 rings (SSSR count). The quantitative estimate of drug-likeness (QED) is 0.504. The van der Waals surface area contributed by atoms with E-state index in [1.54, 1.807) is 31.2 Å². The molecule has 2 aromatic rings. The van der Waals surface area contributed by atoms with Crippen molar-refractivity contribution in [2.45, 2.75) is 46.2 Å². The molecule has 0 saturated heterocycles. The number of hydrogen-bond acceptors (Lipinski definition) is 4. The molecule has 0 spiro atoms. The maximum absolute atomic E-state index is 14.3. The van der Waals surface area contributed by atoms with E-state index in [0.717, 1.165) is 29.0 Å². The predicted molar refractivity (Wildman–Crippen MR) is 128 cm³/mol. The van der Waals surface area contributed by atoms with Crippen LogP contribution in [0.5, 0.6) is 0 Å². The van der Waals surface area contributed by atoms with Crippen molar-refractivity contribution in [2.75, 3.05) is 23.7 Å². The number of nitrogens with zero attached hydrogens (tertiary/aromatic N) is 2. The predicted octanol–water partition coefficient (Wildman–Crippen LogP) is 3.23. The van der Waals surface area contributed by atoms with Crippen LogP contribution in [0, 0.1) is 12.7 Å². The molecule has 0 fully saturated rings. The zero-order valence-electron chi connectivity index (χ0n) is 19.5. The van der Waals surface area contributed by atoms with Gasteiger partial charge in [-0.15, -0.1) is 0 Å². The standard InChI is InChI=1S/C24H32FN3O4S/c1-5-6-14-26-24(30)19(3)27(16-20-11-7-8-13-22(20)25)23(29)17-28(33(4,31)32)21-12-9-10-18(2)15-21/h7-13,15,19H,5-6,14,16-17H2,1-4H3,(H,26,30). The van der Waals surface area contributed by atoms with E-state index in [2.05, 4.69) is 5.32 Å². The zero-order chi connectivity index (χ0) is 24.6. The number of halogens is 1. The summed E-state index contributed by atoms with van der Waals surface area (Å²) in [7, 11) is -3.80. The smallest absolute Gasteiger partial charge is 0.244 e. The molecule has 33 heavy (non-hydrogen) atoms. The Kier molecular flexibility index (Phi) is 9.40. The van der Waals surface area contributed by atoms with Crippen molar-refractivity contribution in [1.82, 2.24) is 10.2 Å². The van der Waals surface area contributed by atoms with E-state index in [-0.39, 0.29) is 18.0 Å². The molecule has 1 N–H and O–H groups in total. The summed E-state index contributed by atoms with van der Waals surface area (Å²) in [5.74, 6) is -1.49. The summed E-state index contributed by atoms with van der Waals surface area (Å²) >= 11 is 0. The summed E-state index contributed by atoms with van der Waals surface area (Å²) in [5, 5.41) is 2.78. The van der Waals surface area contributed by atoms with Gasteiger partial charge in [-0.2, -0.15) is 0 Å². The van der Waals surface area contributed by atoms with E-state index < -0.39 is 34.3 Å². The summed E-state index contributed by atoms with van der Waals surface area (Å²) in [6, 6.07) is 11.9. The molecule has 180 valence electrons. The van der Waals surface area contributed by atoms with Gasteiger partial charge in [0.05, 0.1) is 11.9 Å². The number of sulfonamides is 1. The first-order chi connectivity index (χ1) is 15.5. The summed E-state index contributed by atoms with van der Waals surface area (Å²) < 4.78 is 40.4. The molecule has 0 aliphatic carbocycles. The number of aryl methyl sites for hydroxylation is 1. The monoisotopic (exact) mass is 477 g/mol. The lowest BCUT2D eigenvalue weighted by molar-refractivity contribution is -0.139. The van der Waals surface area contributed by atoms with E-state index in [1.807, 2.05) is 19.9 Å². The van der Waals surface area contributed by atoms with Crippen LogP contribution >= 0.6 is 0 Å². The van der Waals surface area contributed by atoms with Gasteiger partial charge in [-0.3, -0.25) is 13.9 Å². The number of anilines is 1. The van der Waals surface area contributed by atoms with Gasteiger partial charge in [-0.25, -0.2) is 12.8 Å². The van der Waals surface area contributed by atoms with Gasteiger partial charge < -0.3 is 10.2 Å². The van der Waals surface area contributed by atoms with Crippen molar-refractivity contribution >= 4 is 27.5 Å². The Balaban J connectivity index is 2.36. The molecule has 1 unspecified atom stereocenters. The van der Waals surface area contributed by atoms with Gasteiger partial charge in [-0.1, -0.05) is 43.7 Å². The second kappa shape index (κ2) is 11.8. The maximum atomic E-state index is 14.3. The maximum Gasteiger partial charge on any atom is 0.244 e. The number of benzene rings is 2. The molecule has 2 aromatic carbocycles. The largest absolute Gasteiger partial charge is 0.354 e. The van der Waals surface area contributed by atoms with E-state index in [0.29, 0.717) is 12.2 Å². The minimum Gasteiger partial charge on any atom is -0.354 e. The summed E-state index contributed by atoms with van der Waals surface area (Å²) in [6.07, 6.45) is 2.70. The highest BCUT2D eigenvalue weighted by molar-refractivity contribution is 7.92. The Bertz CT molecular complexity index is 1070. The lowest BCUT2D eigenvalue weighted by Gasteiger charge is -2.31. The minimum absolute atomic E-state index is 0.167. The van der Waals surface area contributed by atoms with Crippen LogP contribution in [0.2, 0.25) is 0 Å². The van der Waals surface area contributed by atoms with Crippen LogP contribution in [0.15, 0.2) is 48.5 Å². The molecule has 0 heterocycles. The molecule has 9 heteroatoms. The molecule has 2 amide bonds. The molecule has 0 aliphatic heterocycles. The van der Waals surface area contributed by atoms with Crippen LogP contribution < -0.4 is 9.62 Å². The summed E-state index contributed by atoms with van der Waals surface area (Å²) in [5.41, 5.74) is 1.41. The lowest BCUT2D eigenvalue weighted by Crippen LogP contribution is -2.51. The first-order valence-corrected chi connectivity index (χ1v) is 12.7. The van der Waals surface area contributed by atoms with Crippen LogP contribution in [0.25, 0.3) is 0 Å². The fraction of sp³-hybridized carbons (Fsp3) is 0.417. The van der Waals surface area contributed by atoms with E-state index in [1.165, 1.54) is 23.1 Å². The Labute approximate surface area is 195 Å². The zero-order valence-corrected chi connectivity index (χ0v) is 20.4. The number of hydrogen-bond donors (Lipinski definition) is 1. The Hall–Kier alpha value is -2.94. The van der Waals surface area contributed by atoms with Crippen LogP contribution in [0.1, 0.15) is 37.8 Å². The highest BCUT2D eigenvalue weighted by atomic mass is 32.2. The van der Waals surface area contributed by atoms with Crippen LogP contribution in [-0.4, -0.2) is 50.5 Å². The Morgan fingerprint density at radius 1 is 1.12 bits per heavy atom. The van der Waals surface area contributed by atoms with Crippen LogP contribution in [0.3, 0.4) is 0 Å². The molecule has 0 bridgehead atoms. The van der Waals surface area contributed by atoms with Gasteiger partial charge in [0.1, 0.15) is 18.4 Å². The first kappa shape index (κ1) is 26.3. The normalized spacial score (nSPS) is 12.2. The van der Waals surface area contributed by atoms with E-state index in [4.69, 9.17) is 0 Å². The average molecular weight is 478 g/mol. The molecule has 7 nitrogen and oxygen atoms in total. The van der Waals surface area contributed by atoms with Crippen molar-refractivity contribution in [3.05, 3.63) is 65.5 Å². The molecule has 0 aromatic heterocycles. The summed E-state index contributed by atoms with van der Waals surface area (Å²) in [6.45, 7) is 5.15. The van der Waals surface area contributed by atoms with Gasteiger partial charge >= 0.3 is 0 Å². The third-order valence-corrected chi connectivity index (χ3v) is 6.40. The number of nitrogens with one attached hydrogen (secondary N) is 1. The van der Waals surface area contributed by atoms with Gasteiger partial charge in [-0.05, 0) is 44.0 Å². The minimum atomic E-state index is -3.80. The molecule has 0 radical (unpaired) electrons. The number of carbonyl (C=O) groups is 2. The van der Waals surface area contributed by atoms with E-state index >= 15 is 0 Å². The van der Waals surface area contributed by atoms with Crippen molar-refractivity contribution < 1.29 is 22.4 Å². The molecule has 0 aliphatic rings. The topological polar surface area (TPSA) is 86.8 Å². The number of unbranched alkanes of at least 4 members (excludes halogenated alkanes) is 1. The van der Waals surface area contributed by atoms with Gasteiger partial charge in [0.15, 0.2) is 0 Å². The third kappa shape index (κ3) is 7.56. The van der Waals surface area contributed by atoms with Crippen molar-refractivity contribution in [3.63, 3.8) is 0 Å². The number of rotatable bonds is 11. The first-order valence-electron chi connectivity index (χ1n) is 10.9. The van der Waals surface area contributed by atoms with Gasteiger partial charge in [0, 0.05) is 18.7 Å². The second-order valence-corrected chi connectivity index (χ2v) is 9.95. The third-order valence-electron chi connectivity index (χ3n) is 5.26. The van der Waals surface area contributed by atoms with Crippen molar-refractivity contribution in [2.24, 2.45) is 0 Å². The number of carbonyl (C=O) groups excluding carboxylic acids is 2. The van der Waals surface area contributed by atoms with Crippen molar-refractivity contribution in [3.8, 4) is 0 Å². The van der Waals surface area contributed by atoms with Crippen molar-refractivity contribution in [1.29, 1.82) is 0 Å². The summed E-state index contributed by atoms with van der Waals surface area (Å²) in [4.78, 5) is 27.3. The Morgan fingerprint density at radius 3 is 2.42 bits per heavy atom. The molecular weight excluding hydrogens is 445 g/mol. The van der Waals surface area contributed by atoms with Crippen LogP contribution in [-0.2, 0) is 26.2 Å². The average Bonchev–Trinajstić information content (AvgIpc) is 2.75. The SMILES string of the molecule is CCCCNC(=O)C(C)N(Cc1ccccc1F)C(=O)CN(c1cccc(C)c1)S(C)(=O)=O. The van der Waals surface area contributed by atoms with Gasteiger partial charge in [0.2, 0.25) is 21.8 Å². The Morgan fingerprint density at radius 2 is 1.82 bits per heavy atom. The highest BCUT2D eigenvalue weighted by Crippen LogP contribution is 2.20. The second-order valence-electron chi connectivity index (χ2n) is 8.04.